The summed E-state index contributed by atoms with van der Waals surface area (Å²) in [5.41, 5.74) is 10.8. The van der Waals surface area contributed by atoms with E-state index in [4.69, 9.17) is 17.9 Å². The fraction of sp³-hybridized carbons (Fsp3) is 0.154. The maximum Gasteiger partial charge on any atom is 0.269 e. The highest BCUT2D eigenvalue weighted by molar-refractivity contribution is 6.10. The second-order valence-electron chi connectivity index (χ2n) is 23.7. The third-order valence-electron chi connectivity index (χ3n) is 16.4. The normalized spacial score (nSPS) is 15.0. The number of para-hydroxylation sites is 1. The number of benzene rings is 10. The fourth-order valence-corrected chi connectivity index (χ4v) is 12.2. The van der Waals surface area contributed by atoms with E-state index in [1.807, 2.05) is 106 Å². The number of aryl methyl sites for hydroxylation is 4. The molecule has 5 heteroatoms. The molecule has 0 spiro atoms. The number of hydrogen-bond acceptors (Lipinski definition) is 2. The molecular weight excluding hydrogens is 1010 g/mol. The van der Waals surface area contributed by atoms with Gasteiger partial charge in [0.2, 0.25) is 0 Å². The Morgan fingerprint density at radius 3 is 1.69 bits per heavy atom. The van der Waals surface area contributed by atoms with Crippen LogP contribution in [0.2, 0.25) is 0 Å². The van der Waals surface area contributed by atoms with Crippen LogP contribution in [0, 0.1) is 33.7 Å². The minimum atomic E-state index is -2.92. The van der Waals surface area contributed by atoms with Crippen molar-refractivity contribution in [1.82, 2.24) is 14.1 Å². The van der Waals surface area contributed by atoms with E-state index >= 15 is 0 Å². The Morgan fingerprint density at radius 2 is 1.01 bits per heavy atom. The van der Waals surface area contributed by atoms with E-state index in [2.05, 4.69) is 125 Å². The minimum Gasteiger partial charge on any atom is -0.458 e. The largest absolute Gasteiger partial charge is 0.458 e. The van der Waals surface area contributed by atoms with Crippen LogP contribution >= 0.6 is 0 Å². The van der Waals surface area contributed by atoms with Crippen molar-refractivity contribution < 1.29 is 25.8 Å². The molecule has 5 nitrogen and oxygen atoms in total. The lowest BCUT2D eigenvalue weighted by Gasteiger charge is -2.23. The smallest absolute Gasteiger partial charge is 0.269 e. The van der Waals surface area contributed by atoms with Gasteiger partial charge in [0.1, 0.15) is 17.3 Å². The van der Waals surface area contributed by atoms with Crippen molar-refractivity contribution in [3.05, 3.63) is 258 Å². The first-order valence-corrected chi connectivity index (χ1v) is 28.0. The third kappa shape index (κ3) is 8.76. The van der Waals surface area contributed by atoms with Gasteiger partial charge in [0, 0.05) is 39.5 Å². The lowest BCUT2D eigenvalue weighted by molar-refractivity contribution is -0.570. The van der Waals surface area contributed by atoms with Crippen LogP contribution in [-0.2, 0) is 10.8 Å². The summed E-state index contributed by atoms with van der Waals surface area (Å²) in [5, 5.41) is 2.09. The van der Waals surface area contributed by atoms with Crippen LogP contribution in [0.25, 0.3) is 117 Å². The van der Waals surface area contributed by atoms with E-state index in [-0.39, 0.29) is 55.3 Å². The van der Waals surface area contributed by atoms with Crippen LogP contribution < -0.4 is 9.30 Å². The van der Waals surface area contributed by atoms with Gasteiger partial charge in [-0.2, -0.15) is 0 Å². The topological polar surface area (TPSA) is 35.9 Å². The molecule has 0 saturated carbocycles. The number of hydrogen-bond donors (Lipinski definition) is 0. The Balaban J connectivity index is 1.10. The van der Waals surface area contributed by atoms with Crippen molar-refractivity contribution in [3.8, 4) is 95.5 Å². The number of pyridine rings is 1. The zero-order valence-corrected chi connectivity index (χ0v) is 47.0. The van der Waals surface area contributed by atoms with Crippen LogP contribution in [0.3, 0.4) is 0 Å². The summed E-state index contributed by atoms with van der Waals surface area (Å²) >= 11 is 0. The molecule has 0 fully saturated rings. The number of rotatable bonds is 7. The van der Waals surface area contributed by atoms with Gasteiger partial charge < -0.3 is 4.74 Å². The van der Waals surface area contributed by atoms with Gasteiger partial charge >= 0.3 is 0 Å². The maximum absolute atomic E-state index is 9.18. The summed E-state index contributed by atoms with van der Waals surface area (Å²) in [5.74, 6) is 1.84. The minimum absolute atomic E-state index is 0.0752. The summed E-state index contributed by atoms with van der Waals surface area (Å²) in [6.07, 6.45) is 5.66. The lowest BCUT2D eigenvalue weighted by Crippen LogP contribution is -2.32. The molecule has 0 amide bonds. The quantitative estimate of drug-likeness (QED) is 0.118. The Bertz CT molecular complexity index is 5180. The van der Waals surface area contributed by atoms with Gasteiger partial charge in [-0.3, -0.25) is 13.7 Å². The van der Waals surface area contributed by atoms with E-state index in [1.165, 1.54) is 36.4 Å². The average molecular weight is 1090 g/mol. The summed E-state index contributed by atoms with van der Waals surface area (Å²) in [6, 6.07) is 66.4. The van der Waals surface area contributed by atoms with Crippen molar-refractivity contribution in [2.45, 2.75) is 79.8 Å². The molecule has 1 aliphatic rings. The van der Waals surface area contributed by atoms with E-state index in [9.17, 15) is 8.22 Å². The van der Waals surface area contributed by atoms with Crippen molar-refractivity contribution in [2.75, 3.05) is 0 Å². The third-order valence-corrected chi connectivity index (χ3v) is 16.4. The van der Waals surface area contributed by atoms with Crippen LogP contribution in [-0.4, -0.2) is 14.1 Å². The van der Waals surface area contributed by atoms with E-state index in [0.717, 1.165) is 72.1 Å². The Morgan fingerprint density at radius 1 is 0.434 bits per heavy atom. The van der Waals surface area contributed by atoms with Gasteiger partial charge in [0.25, 0.3) is 6.33 Å². The molecule has 83 heavy (non-hydrogen) atoms. The number of ether oxygens (including phenoxy) is 1. The second-order valence-corrected chi connectivity index (χ2v) is 23.7. The van der Waals surface area contributed by atoms with Crippen LogP contribution in [0.5, 0.6) is 11.5 Å². The standard InChI is InChI=1S/C78H66N4O/c1-48-20-17-21-49(2)73(48)54-41-66-62-28-13-11-26-60(62)61-27-12-14-29-63(61)67-40-53(52-32-34-55(35-33-52)77(5,6)7)43-71-76(67)81(75(66)68(42-54)74-50(3)22-18-23-51(74)4)47-80(71)57-24-19-25-58(45-57)83-59-36-37-65-64-30-15-16-31-69(64)82(70(65)46-59)72-44-56(38-39-79-72)78(8,9)10/h11-46H,1-10H3/i1D3,2D3,3D3,4D3. The number of imidazole rings is 1. The molecule has 3 aromatic heterocycles. The molecular formula is C78H66N4O. The molecule has 0 N–H and O–H groups in total. The van der Waals surface area contributed by atoms with Gasteiger partial charge in [-0.25, -0.2) is 4.98 Å². The lowest BCUT2D eigenvalue weighted by atomic mass is 9.84. The molecule has 13 aromatic rings. The van der Waals surface area contributed by atoms with Crippen molar-refractivity contribution >= 4 is 32.8 Å². The molecule has 0 atom stereocenters. The summed E-state index contributed by atoms with van der Waals surface area (Å²) in [7, 11) is 0. The Hall–Kier alpha value is -9.58. The highest BCUT2D eigenvalue weighted by Crippen LogP contribution is 2.49. The Kier molecular flexibility index (Phi) is 9.37. The van der Waals surface area contributed by atoms with Crippen molar-refractivity contribution in [2.24, 2.45) is 0 Å². The highest BCUT2D eigenvalue weighted by Gasteiger charge is 2.30. The van der Waals surface area contributed by atoms with Crippen LogP contribution in [0.1, 0.15) is 91.4 Å². The van der Waals surface area contributed by atoms with E-state index in [0.29, 0.717) is 45.0 Å². The number of fused-ring (bicyclic) bond motifs is 10. The first-order chi connectivity index (χ1) is 44.9. The first kappa shape index (κ1) is 39.8. The molecule has 0 bridgehead atoms. The predicted octanol–water partition coefficient (Wildman–Crippen LogP) is 20.1. The number of nitrogens with zero attached hydrogens (tertiary/aromatic N) is 4. The SMILES string of the molecule is [2H]C([2H])([2H])c1cccc(C([2H])([2H])[2H])c1-c1cc2c(c(-c3c(C([2H])([2H])[2H])cccc3C([2H])([2H])[2H])c1)-[n+]1[c-]n(-c3cccc(Oc4ccc5c6ccccc6n(-c6cc(C(C)(C)C)ccn6)c5c4)c3)c3cc(-c4ccc(C(C)(C)C)cc4)cc(c31)-c1ccccc1-c1ccccc1-2. The first-order valence-electron chi connectivity index (χ1n) is 34.0. The summed E-state index contributed by atoms with van der Waals surface area (Å²) < 4.78 is 122. The Labute approximate surface area is 504 Å². The second kappa shape index (κ2) is 19.6. The van der Waals surface area contributed by atoms with Gasteiger partial charge in [-0.1, -0.05) is 181 Å². The van der Waals surface area contributed by atoms with E-state index in [1.54, 1.807) is 12.1 Å². The zero-order chi connectivity index (χ0) is 67.1. The average Bonchev–Trinajstić information content (AvgIpc) is 1.63. The summed E-state index contributed by atoms with van der Waals surface area (Å²) in [6.45, 7) is 1.53. The van der Waals surface area contributed by atoms with Crippen molar-refractivity contribution in [1.29, 1.82) is 0 Å². The van der Waals surface area contributed by atoms with Gasteiger partial charge in [0.05, 0.1) is 33.4 Å². The van der Waals surface area contributed by atoms with Gasteiger partial charge in [-0.15, -0.1) is 0 Å². The molecule has 404 valence electrons. The molecule has 4 heterocycles. The molecule has 0 radical (unpaired) electrons. The molecule has 0 saturated heterocycles. The summed E-state index contributed by atoms with van der Waals surface area (Å²) in [4.78, 5) is 4.91. The zero-order valence-electron chi connectivity index (χ0n) is 59.0. The molecule has 0 unspecified atom stereocenters. The molecule has 10 aromatic carbocycles. The van der Waals surface area contributed by atoms with Crippen LogP contribution in [0.4, 0.5) is 0 Å². The van der Waals surface area contributed by atoms with Crippen LogP contribution in [0.15, 0.2) is 219 Å². The van der Waals surface area contributed by atoms with Gasteiger partial charge in [-0.05, 0) is 205 Å². The van der Waals surface area contributed by atoms with Gasteiger partial charge in [0.15, 0.2) is 0 Å². The maximum atomic E-state index is 9.18. The predicted molar refractivity (Wildman–Crippen MR) is 345 cm³/mol. The molecule has 0 aliphatic carbocycles. The molecule has 1 aliphatic heterocycles. The highest BCUT2D eigenvalue weighted by atomic mass is 16.5. The van der Waals surface area contributed by atoms with E-state index < -0.39 is 27.4 Å². The monoisotopic (exact) mass is 1090 g/mol. The van der Waals surface area contributed by atoms with Crippen molar-refractivity contribution in [3.63, 3.8) is 0 Å². The number of aromatic nitrogens is 4. The fourth-order valence-electron chi connectivity index (χ4n) is 12.2. The molecule has 14 rings (SSSR count).